The lowest BCUT2D eigenvalue weighted by Crippen LogP contribution is -1.98. The van der Waals surface area contributed by atoms with E-state index in [1.54, 1.807) is 0 Å². The molecule has 0 spiro atoms. The second kappa shape index (κ2) is 7.70. The Morgan fingerprint density at radius 3 is 2.38 bits per heavy atom. The fourth-order valence-electron chi connectivity index (χ4n) is 1.75. The van der Waals surface area contributed by atoms with Gasteiger partial charge in [-0.05, 0) is 24.0 Å². The molecule has 1 atom stereocenters. The fraction of sp³-hybridized carbons (Fsp3) is 0.571. The minimum atomic E-state index is -0.532. The third kappa shape index (κ3) is 4.54. The van der Waals surface area contributed by atoms with Crippen LogP contribution in [0, 0.1) is 0 Å². The van der Waals surface area contributed by atoms with Gasteiger partial charge >= 0.3 is 0 Å². The lowest BCUT2D eigenvalue weighted by Gasteiger charge is -2.08. The van der Waals surface area contributed by atoms with Crippen molar-refractivity contribution in [2.45, 2.75) is 45.1 Å². The molecule has 0 heterocycles. The summed E-state index contributed by atoms with van der Waals surface area (Å²) in [7, 11) is 0. The van der Waals surface area contributed by atoms with Crippen LogP contribution in [0.25, 0.3) is 0 Å². The molecular weight excluding hydrogens is 220 g/mol. The SMILES string of the molecule is CCCCCCc1ccc(C(O)CCl)cc1. The highest BCUT2D eigenvalue weighted by Crippen LogP contribution is 2.16. The summed E-state index contributed by atoms with van der Waals surface area (Å²) in [5.41, 5.74) is 2.26. The maximum absolute atomic E-state index is 9.53. The maximum Gasteiger partial charge on any atom is 0.0925 e. The number of rotatable bonds is 7. The van der Waals surface area contributed by atoms with Gasteiger partial charge in [-0.15, -0.1) is 11.6 Å². The first kappa shape index (κ1) is 13.5. The Morgan fingerprint density at radius 2 is 1.81 bits per heavy atom. The van der Waals surface area contributed by atoms with Gasteiger partial charge in [0.2, 0.25) is 0 Å². The van der Waals surface area contributed by atoms with Crippen LogP contribution in [0.5, 0.6) is 0 Å². The van der Waals surface area contributed by atoms with Gasteiger partial charge in [0.15, 0.2) is 0 Å². The molecule has 0 aliphatic heterocycles. The van der Waals surface area contributed by atoms with Crippen LogP contribution in [0.3, 0.4) is 0 Å². The van der Waals surface area contributed by atoms with Crippen LogP contribution in [0.4, 0.5) is 0 Å². The molecule has 1 rings (SSSR count). The summed E-state index contributed by atoms with van der Waals surface area (Å²) in [5.74, 6) is 0.260. The predicted octanol–water partition coefficient (Wildman–Crippen LogP) is 4.08. The van der Waals surface area contributed by atoms with E-state index in [4.69, 9.17) is 11.6 Å². The molecule has 1 unspecified atom stereocenters. The van der Waals surface area contributed by atoms with Crippen molar-refractivity contribution in [2.75, 3.05) is 5.88 Å². The zero-order valence-corrected chi connectivity index (χ0v) is 10.7. The lowest BCUT2D eigenvalue weighted by atomic mass is 10.0. The van der Waals surface area contributed by atoms with Crippen LogP contribution in [-0.4, -0.2) is 11.0 Å². The molecule has 90 valence electrons. The molecule has 0 aliphatic rings. The predicted molar refractivity (Wildman–Crippen MR) is 70.0 cm³/mol. The van der Waals surface area contributed by atoms with Crippen molar-refractivity contribution >= 4 is 11.6 Å². The van der Waals surface area contributed by atoms with E-state index in [0.717, 1.165) is 12.0 Å². The highest BCUT2D eigenvalue weighted by molar-refractivity contribution is 6.18. The smallest absolute Gasteiger partial charge is 0.0925 e. The van der Waals surface area contributed by atoms with Gasteiger partial charge in [-0.1, -0.05) is 50.5 Å². The van der Waals surface area contributed by atoms with E-state index in [-0.39, 0.29) is 5.88 Å². The summed E-state index contributed by atoms with van der Waals surface area (Å²) >= 11 is 5.59. The first-order valence-corrected chi connectivity index (χ1v) is 6.64. The molecule has 0 aliphatic carbocycles. The van der Waals surface area contributed by atoms with Gasteiger partial charge in [0.25, 0.3) is 0 Å². The largest absolute Gasteiger partial charge is 0.387 e. The van der Waals surface area contributed by atoms with Crippen LogP contribution in [-0.2, 0) is 6.42 Å². The maximum atomic E-state index is 9.53. The van der Waals surface area contributed by atoms with Gasteiger partial charge in [-0.2, -0.15) is 0 Å². The van der Waals surface area contributed by atoms with E-state index in [1.807, 2.05) is 12.1 Å². The zero-order valence-electron chi connectivity index (χ0n) is 9.95. The molecule has 1 N–H and O–H groups in total. The molecule has 0 radical (unpaired) electrons. The van der Waals surface area contributed by atoms with Crippen LogP contribution < -0.4 is 0 Å². The van der Waals surface area contributed by atoms with E-state index in [2.05, 4.69) is 19.1 Å². The Morgan fingerprint density at radius 1 is 1.12 bits per heavy atom. The summed E-state index contributed by atoms with van der Waals surface area (Å²) in [6, 6.07) is 8.14. The first-order chi connectivity index (χ1) is 7.77. The van der Waals surface area contributed by atoms with Crippen LogP contribution in [0.1, 0.15) is 49.8 Å². The molecule has 0 bridgehead atoms. The summed E-state index contributed by atoms with van der Waals surface area (Å²) in [6.07, 6.45) is 5.77. The van der Waals surface area contributed by atoms with Crippen molar-refractivity contribution in [3.63, 3.8) is 0 Å². The van der Waals surface area contributed by atoms with Crippen molar-refractivity contribution in [1.29, 1.82) is 0 Å². The van der Waals surface area contributed by atoms with Crippen molar-refractivity contribution in [1.82, 2.24) is 0 Å². The third-order valence-corrected chi connectivity index (χ3v) is 3.12. The van der Waals surface area contributed by atoms with E-state index in [0.29, 0.717) is 0 Å². The van der Waals surface area contributed by atoms with Crippen LogP contribution >= 0.6 is 11.6 Å². The molecule has 1 nitrogen and oxygen atoms in total. The molecule has 0 amide bonds. The molecule has 1 aromatic carbocycles. The number of aliphatic hydroxyl groups excluding tert-OH is 1. The minimum absolute atomic E-state index is 0.260. The quantitative estimate of drug-likeness (QED) is 0.563. The molecule has 0 aromatic heterocycles. The van der Waals surface area contributed by atoms with Crippen LogP contribution in [0.2, 0.25) is 0 Å². The number of halogens is 1. The Hall–Kier alpha value is -0.530. The number of hydrogen-bond acceptors (Lipinski definition) is 1. The average molecular weight is 241 g/mol. The number of hydrogen-bond donors (Lipinski definition) is 1. The fourth-order valence-corrected chi connectivity index (χ4v) is 1.93. The zero-order chi connectivity index (χ0) is 11.8. The highest BCUT2D eigenvalue weighted by atomic mass is 35.5. The molecule has 0 fully saturated rings. The van der Waals surface area contributed by atoms with Crippen molar-refractivity contribution < 1.29 is 5.11 Å². The molecular formula is C14H21ClO. The topological polar surface area (TPSA) is 20.2 Å². The number of aliphatic hydroxyl groups is 1. The normalized spacial score (nSPS) is 12.7. The number of benzene rings is 1. The van der Waals surface area contributed by atoms with Crippen LogP contribution in [0.15, 0.2) is 24.3 Å². The summed E-state index contributed by atoms with van der Waals surface area (Å²) in [4.78, 5) is 0. The van der Waals surface area contributed by atoms with E-state index in [1.165, 1.54) is 31.2 Å². The lowest BCUT2D eigenvalue weighted by molar-refractivity contribution is 0.202. The Kier molecular flexibility index (Phi) is 6.51. The van der Waals surface area contributed by atoms with Crippen molar-refractivity contribution in [3.05, 3.63) is 35.4 Å². The standard InChI is InChI=1S/C14H21ClO/c1-2-3-4-5-6-12-7-9-13(10-8-12)14(16)11-15/h7-10,14,16H,2-6,11H2,1H3. The second-order valence-electron chi connectivity index (χ2n) is 4.22. The average Bonchev–Trinajstić information content (AvgIpc) is 2.34. The van der Waals surface area contributed by atoms with Gasteiger partial charge in [0.05, 0.1) is 12.0 Å². The summed E-state index contributed by atoms with van der Waals surface area (Å²) < 4.78 is 0. The Balaban J connectivity index is 2.39. The molecule has 0 saturated heterocycles. The Bertz CT molecular complexity index is 281. The van der Waals surface area contributed by atoms with Crippen molar-refractivity contribution in [3.8, 4) is 0 Å². The molecule has 2 heteroatoms. The minimum Gasteiger partial charge on any atom is -0.387 e. The van der Waals surface area contributed by atoms with E-state index < -0.39 is 6.10 Å². The van der Waals surface area contributed by atoms with E-state index in [9.17, 15) is 5.11 Å². The first-order valence-electron chi connectivity index (χ1n) is 6.10. The van der Waals surface area contributed by atoms with Gasteiger partial charge in [0.1, 0.15) is 0 Å². The third-order valence-electron chi connectivity index (χ3n) is 2.83. The number of alkyl halides is 1. The van der Waals surface area contributed by atoms with Gasteiger partial charge in [-0.3, -0.25) is 0 Å². The summed E-state index contributed by atoms with van der Waals surface area (Å²) in [6.45, 7) is 2.22. The molecule has 1 aromatic rings. The Labute approximate surface area is 103 Å². The molecule has 0 saturated carbocycles. The van der Waals surface area contributed by atoms with E-state index >= 15 is 0 Å². The molecule has 16 heavy (non-hydrogen) atoms. The second-order valence-corrected chi connectivity index (χ2v) is 4.53. The van der Waals surface area contributed by atoms with Gasteiger partial charge in [0, 0.05) is 0 Å². The number of aryl methyl sites for hydroxylation is 1. The number of unbranched alkanes of at least 4 members (excludes halogenated alkanes) is 3. The van der Waals surface area contributed by atoms with Gasteiger partial charge < -0.3 is 5.11 Å². The van der Waals surface area contributed by atoms with Gasteiger partial charge in [-0.25, -0.2) is 0 Å². The summed E-state index contributed by atoms with van der Waals surface area (Å²) in [5, 5.41) is 9.53. The van der Waals surface area contributed by atoms with Crippen molar-refractivity contribution in [2.24, 2.45) is 0 Å². The highest BCUT2D eigenvalue weighted by Gasteiger charge is 2.04. The monoisotopic (exact) mass is 240 g/mol.